The van der Waals surface area contributed by atoms with Gasteiger partial charge in [0, 0.05) is 19.3 Å². The first-order valence-electron chi connectivity index (χ1n) is 7.68. The lowest BCUT2D eigenvalue weighted by atomic mass is 10.1. The zero-order valence-electron chi connectivity index (χ0n) is 14.8. The fourth-order valence-electron chi connectivity index (χ4n) is 2.66. The first-order chi connectivity index (χ1) is 12.3. The number of esters is 1. The van der Waals surface area contributed by atoms with Crippen LogP contribution in [-0.4, -0.2) is 56.4 Å². The second kappa shape index (κ2) is 8.09. The second-order valence-electron chi connectivity index (χ2n) is 5.31. The molecule has 0 aliphatic rings. The van der Waals surface area contributed by atoms with E-state index in [4.69, 9.17) is 25.8 Å². The predicted molar refractivity (Wildman–Crippen MR) is 96.7 cm³/mol. The third-order valence-electron chi connectivity index (χ3n) is 3.66. The van der Waals surface area contributed by atoms with Crippen molar-refractivity contribution in [2.24, 2.45) is 0 Å². The number of aromatic nitrogens is 1. The Bertz CT molecular complexity index is 855. The molecular formula is C17H19ClN2O6. The van der Waals surface area contributed by atoms with Gasteiger partial charge in [-0.05, 0) is 6.92 Å². The summed E-state index contributed by atoms with van der Waals surface area (Å²) in [7, 11) is 4.42. The van der Waals surface area contributed by atoms with Crippen molar-refractivity contribution in [3.05, 3.63) is 22.8 Å². The van der Waals surface area contributed by atoms with Crippen LogP contribution in [0.4, 0.5) is 5.69 Å². The van der Waals surface area contributed by atoms with Crippen LogP contribution in [0, 0.1) is 0 Å². The van der Waals surface area contributed by atoms with E-state index in [0.717, 1.165) is 0 Å². The van der Waals surface area contributed by atoms with Crippen LogP contribution in [0.25, 0.3) is 10.9 Å². The van der Waals surface area contributed by atoms with Gasteiger partial charge in [0.1, 0.15) is 29.1 Å². The summed E-state index contributed by atoms with van der Waals surface area (Å²) in [6, 6.07) is 1.54. The van der Waals surface area contributed by atoms with Crippen molar-refractivity contribution < 1.29 is 28.9 Å². The number of ether oxygens (including phenoxy) is 3. The topological polar surface area (TPSA) is 98.2 Å². The first-order valence-corrected chi connectivity index (χ1v) is 8.06. The van der Waals surface area contributed by atoms with Gasteiger partial charge in [0.25, 0.3) is 0 Å². The van der Waals surface area contributed by atoms with Gasteiger partial charge in [-0.2, -0.15) is 0 Å². The number of anilines is 1. The first kappa shape index (κ1) is 19.6. The molecule has 0 bridgehead atoms. The van der Waals surface area contributed by atoms with Crippen molar-refractivity contribution in [2.75, 3.05) is 39.3 Å². The van der Waals surface area contributed by atoms with Gasteiger partial charge in [-0.15, -0.1) is 0 Å². The number of rotatable bonds is 7. The molecule has 1 aromatic carbocycles. The van der Waals surface area contributed by atoms with Gasteiger partial charge in [0.05, 0.1) is 36.9 Å². The number of aliphatic carboxylic acids is 1. The minimum Gasteiger partial charge on any atom is -0.494 e. The Kier molecular flexibility index (Phi) is 6.10. The average Bonchev–Trinajstić information content (AvgIpc) is 2.59. The van der Waals surface area contributed by atoms with Crippen molar-refractivity contribution in [3.8, 4) is 11.5 Å². The highest BCUT2D eigenvalue weighted by Crippen LogP contribution is 2.44. The van der Waals surface area contributed by atoms with E-state index in [0.29, 0.717) is 16.7 Å². The van der Waals surface area contributed by atoms with E-state index in [1.165, 1.54) is 25.3 Å². The van der Waals surface area contributed by atoms with Crippen molar-refractivity contribution in [3.63, 3.8) is 0 Å². The minimum atomic E-state index is -1.07. The molecule has 0 amide bonds. The van der Waals surface area contributed by atoms with Crippen molar-refractivity contribution in [1.29, 1.82) is 0 Å². The molecule has 140 valence electrons. The van der Waals surface area contributed by atoms with Gasteiger partial charge in [-0.1, -0.05) is 11.6 Å². The quantitative estimate of drug-likeness (QED) is 0.729. The smallest absolute Gasteiger partial charge is 0.341 e. The maximum Gasteiger partial charge on any atom is 0.341 e. The molecule has 0 aliphatic heterocycles. The number of carboxylic acids is 1. The van der Waals surface area contributed by atoms with Gasteiger partial charge in [0.2, 0.25) is 0 Å². The van der Waals surface area contributed by atoms with Crippen LogP contribution < -0.4 is 14.4 Å². The predicted octanol–water partition coefficient (Wildman–Crippen LogP) is 2.60. The highest BCUT2D eigenvalue weighted by atomic mass is 35.5. The van der Waals surface area contributed by atoms with Gasteiger partial charge in [-0.3, -0.25) is 9.78 Å². The fourth-order valence-corrected chi connectivity index (χ4v) is 2.93. The highest BCUT2D eigenvalue weighted by molar-refractivity contribution is 6.34. The van der Waals surface area contributed by atoms with E-state index < -0.39 is 11.9 Å². The van der Waals surface area contributed by atoms with Crippen LogP contribution in [0.2, 0.25) is 5.02 Å². The average molecular weight is 383 g/mol. The summed E-state index contributed by atoms with van der Waals surface area (Å²) in [5, 5.41) is 9.78. The summed E-state index contributed by atoms with van der Waals surface area (Å²) in [5.41, 5.74) is 0.772. The van der Waals surface area contributed by atoms with E-state index in [9.17, 15) is 14.7 Å². The molecule has 1 heterocycles. The SMILES string of the molecule is CCOC(=O)c1cnc2c(OC)cc(Cl)c(OC)c2c1N(C)CC(=O)O. The normalized spacial score (nSPS) is 10.5. The minimum absolute atomic E-state index is 0.103. The number of carbonyl (C=O) groups is 2. The number of benzene rings is 1. The lowest BCUT2D eigenvalue weighted by molar-refractivity contribution is -0.135. The van der Waals surface area contributed by atoms with E-state index in [2.05, 4.69) is 4.98 Å². The summed E-state index contributed by atoms with van der Waals surface area (Å²) in [6.45, 7) is 1.48. The molecule has 0 fully saturated rings. The van der Waals surface area contributed by atoms with Crippen molar-refractivity contribution in [2.45, 2.75) is 6.92 Å². The number of likely N-dealkylation sites (N-methyl/N-ethyl adjacent to an activating group) is 1. The van der Waals surface area contributed by atoms with Gasteiger partial charge >= 0.3 is 11.9 Å². The van der Waals surface area contributed by atoms with Crippen molar-refractivity contribution >= 4 is 40.1 Å². The Hall–Kier alpha value is -2.74. The lowest BCUT2D eigenvalue weighted by Crippen LogP contribution is -2.27. The highest BCUT2D eigenvalue weighted by Gasteiger charge is 2.26. The van der Waals surface area contributed by atoms with Crippen LogP contribution in [0.1, 0.15) is 17.3 Å². The molecule has 2 aromatic rings. The zero-order chi connectivity index (χ0) is 19.4. The lowest BCUT2D eigenvalue weighted by Gasteiger charge is -2.23. The third kappa shape index (κ3) is 3.60. The fraction of sp³-hybridized carbons (Fsp3) is 0.353. The molecule has 0 atom stereocenters. The molecule has 1 N–H and O–H groups in total. The summed E-state index contributed by atoms with van der Waals surface area (Å²) in [6.07, 6.45) is 1.32. The van der Waals surface area contributed by atoms with Crippen LogP contribution in [0.3, 0.4) is 0 Å². The van der Waals surface area contributed by atoms with Gasteiger partial charge < -0.3 is 24.2 Å². The van der Waals surface area contributed by atoms with E-state index in [-0.39, 0.29) is 35.2 Å². The molecule has 0 radical (unpaired) electrons. The second-order valence-corrected chi connectivity index (χ2v) is 5.72. The maximum absolute atomic E-state index is 12.4. The summed E-state index contributed by atoms with van der Waals surface area (Å²) >= 11 is 6.28. The molecule has 0 unspecified atom stereocenters. The zero-order valence-corrected chi connectivity index (χ0v) is 15.6. The Balaban J connectivity index is 2.93. The monoisotopic (exact) mass is 382 g/mol. The molecule has 1 aromatic heterocycles. The number of pyridine rings is 1. The summed E-state index contributed by atoms with van der Waals surface area (Å²) in [5.74, 6) is -1.07. The van der Waals surface area contributed by atoms with E-state index in [1.54, 1.807) is 20.0 Å². The largest absolute Gasteiger partial charge is 0.494 e. The number of methoxy groups -OCH3 is 2. The number of nitrogens with zero attached hydrogens (tertiary/aromatic N) is 2. The van der Waals surface area contributed by atoms with Gasteiger partial charge in [-0.25, -0.2) is 4.79 Å². The summed E-state index contributed by atoms with van der Waals surface area (Å²) in [4.78, 5) is 29.3. The summed E-state index contributed by atoms with van der Waals surface area (Å²) < 4.78 is 15.8. The van der Waals surface area contributed by atoms with Crippen LogP contribution in [0.5, 0.6) is 11.5 Å². The molecular weight excluding hydrogens is 364 g/mol. The number of halogens is 1. The van der Waals surface area contributed by atoms with Crippen LogP contribution >= 0.6 is 11.6 Å². The standard InChI is InChI=1S/C17H19ClN2O6/c1-5-26-17(23)9-7-19-14-11(24-3)6-10(18)16(25-4)13(14)15(9)20(2)8-12(21)22/h6-7H,5,8H2,1-4H3,(H,21,22). The van der Waals surface area contributed by atoms with Gasteiger partial charge in [0.15, 0.2) is 0 Å². The number of carbonyl (C=O) groups excluding carboxylic acids is 1. The van der Waals surface area contributed by atoms with E-state index >= 15 is 0 Å². The Labute approximate surface area is 155 Å². The maximum atomic E-state index is 12.4. The molecule has 0 spiro atoms. The Morgan fingerprint density at radius 1 is 1.31 bits per heavy atom. The number of hydrogen-bond donors (Lipinski definition) is 1. The Morgan fingerprint density at radius 2 is 2.00 bits per heavy atom. The van der Waals surface area contributed by atoms with Crippen LogP contribution in [-0.2, 0) is 9.53 Å². The molecule has 2 rings (SSSR count). The van der Waals surface area contributed by atoms with E-state index in [1.807, 2.05) is 0 Å². The number of fused-ring (bicyclic) bond motifs is 1. The molecule has 9 heteroatoms. The molecule has 0 aliphatic carbocycles. The number of carboxylic acid groups (broad SMARTS) is 1. The number of hydrogen-bond acceptors (Lipinski definition) is 7. The molecule has 0 saturated heterocycles. The third-order valence-corrected chi connectivity index (χ3v) is 3.94. The van der Waals surface area contributed by atoms with Crippen molar-refractivity contribution in [1.82, 2.24) is 4.98 Å². The van der Waals surface area contributed by atoms with Crippen LogP contribution in [0.15, 0.2) is 12.3 Å². The molecule has 0 saturated carbocycles. The molecule has 26 heavy (non-hydrogen) atoms. The molecule has 8 nitrogen and oxygen atoms in total. The Morgan fingerprint density at radius 3 is 2.54 bits per heavy atom.